The molecule has 0 amide bonds. The highest BCUT2D eigenvalue weighted by molar-refractivity contribution is 5.00. The molecule has 0 saturated carbocycles. The van der Waals surface area contributed by atoms with Crippen molar-refractivity contribution in [1.82, 2.24) is 29.8 Å². The van der Waals surface area contributed by atoms with Gasteiger partial charge in [-0.05, 0) is 182 Å². The molecular weight excluding hydrogens is 685 g/mol. The number of hydrogen-bond donors (Lipinski definition) is 1. The Labute approximate surface area is 356 Å². The van der Waals surface area contributed by atoms with Crippen molar-refractivity contribution in [2.75, 3.05) is 106 Å². The van der Waals surface area contributed by atoms with Gasteiger partial charge in [-0.2, -0.15) is 0 Å². The molecule has 56 heavy (non-hydrogen) atoms. The standard InChI is InChI=1S/C10H22N2.2C10H21N.C10H19N.C9H21N.CH4/c1-10(2)4-5-12-8-6-11(3)7-9-12;2*1-10(2)6-9-11-7-4-3-5-8-11;1-10(2)8-6-5-7-9-11(3)4;1-8(2)6-7-10-9(3,4)5;/h10H,4-9H2,1-3H3;2*10H,3-9H2,1-2H3;10H,6,8-9H2,1-4H3;8,10H,6-7H2,1-5H3;1H4. The van der Waals surface area contributed by atoms with Crippen LogP contribution in [-0.2, 0) is 0 Å². The quantitative estimate of drug-likeness (QED) is 0.166. The van der Waals surface area contributed by atoms with E-state index in [4.69, 9.17) is 0 Å². The van der Waals surface area contributed by atoms with E-state index in [1.807, 2.05) is 14.1 Å². The summed E-state index contributed by atoms with van der Waals surface area (Å²) in [5.74, 6) is 10.5. The molecule has 0 aliphatic carbocycles. The molecule has 3 aliphatic rings. The molecule has 0 aromatic heterocycles. The van der Waals surface area contributed by atoms with E-state index in [0.29, 0.717) is 0 Å². The highest BCUT2D eigenvalue weighted by atomic mass is 15.2. The van der Waals surface area contributed by atoms with Crippen molar-refractivity contribution >= 4 is 0 Å². The van der Waals surface area contributed by atoms with Crippen LogP contribution < -0.4 is 5.32 Å². The van der Waals surface area contributed by atoms with Crippen LogP contribution in [0.3, 0.4) is 0 Å². The minimum atomic E-state index is 0. The maximum Gasteiger partial charge on any atom is 0.0596 e. The van der Waals surface area contributed by atoms with E-state index in [1.165, 1.54) is 143 Å². The van der Waals surface area contributed by atoms with Crippen LogP contribution in [-0.4, -0.2) is 136 Å². The summed E-state index contributed by atoms with van der Waals surface area (Å²) in [4.78, 5) is 12.3. The van der Waals surface area contributed by atoms with Crippen LogP contribution in [0.15, 0.2) is 0 Å². The Bertz CT molecular complexity index is 819. The van der Waals surface area contributed by atoms with Crippen molar-refractivity contribution < 1.29 is 0 Å². The van der Waals surface area contributed by atoms with Gasteiger partial charge in [0.2, 0.25) is 0 Å². The molecule has 3 aliphatic heterocycles. The average Bonchev–Trinajstić information content (AvgIpc) is 3.10. The van der Waals surface area contributed by atoms with Crippen molar-refractivity contribution in [2.24, 2.45) is 29.6 Å². The Morgan fingerprint density at radius 1 is 0.500 bits per heavy atom. The Morgan fingerprint density at radius 3 is 1.18 bits per heavy atom. The molecule has 0 aromatic rings. The van der Waals surface area contributed by atoms with E-state index in [0.717, 1.165) is 49.1 Å². The van der Waals surface area contributed by atoms with Gasteiger partial charge in [0.25, 0.3) is 0 Å². The molecule has 0 bridgehead atoms. The second-order valence-electron chi connectivity index (χ2n) is 20.4. The van der Waals surface area contributed by atoms with Crippen LogP contribution in [0.2, 0.25) is 0 Å². The van der Waals surface area contributed by atoms with Crippen LogP contribution in [0.4, 0.5) is 0 Å². The SMILES string of the molecule is C.CC(C)CCC#CCN(C)C.CC(C)CCN1CCCCC1.CC(C)CCN1CCCCC1.CC(C)CCN1CCN(C)CC1.CC(C)CCNC(C)(C)C. The zero-order chi connectivity index (χ0) is 42.1. The Balaban J connectivity index is -0.000000625. The molecule has 0 spiro atoms. The third kappa shape index (κ3) is 47.7. The minimum Gasteiger partial charge on any atom is -0.312 e. The lowest BCUT2D eigenvalue weighted by atomic mass is 10.1. The average molecular weight is 793 g/mol. The lowest BCUT2D eigenvalue weighted by Crippen LogP contribution is -2.44. The highest BCUT2D eigenvalue weighted by Crippen LogP contribution is 2.12. The number of hydrogen-bond acceptors (Lipinski definition) is 6. The smallest absolute Gasteiger partial charge is 0.0596 e. The van der Waals surface area contributed by atoms with Gasteiger partial charge in [-0.1, -0.05) is 95.4 Å². The summed E-state index contributed by atoms with van der Waals surface area (Å²) in [5, 5.41) is 3.45. The zero-order valence-electron chi connectivity index (χ0n) is 40.8. The van der Waals surface area contributed by atoms with Crippen LogP contribution in [0.1, 0.15) is 174 Å². The molecule has 3 saturated heterocycles. The van der Waals surface area contributed by atoms with Crippen LogP contribution >= 0.6 is 0 Å². The van der Waals surface area contributed by atoms with E-state index >= 15 is 0 Å². The zero-order valence-corrected chi connectivity index (χ0v) is 40.8. The minimum absolute atomic E-state index is 0. The van der Waals surface area contributed by atoms with Crippen molar-refractivity contribution in [1.29, 1.82) is 0 Å². The lowest BCUT2D eigenvalue weighted by molar-refractivity contribution is 0.148. The summed E-state index contributed by atoms with van der Waals surface area (Å²) in [7, 11) is 6.29. The largest absolute Gasteiger partial charge is 0.312 e. The Kier molecular flexibility index (Phi) is 41.0. The predicted octanol–water partition coefficient (Wildman–Crippen LogP) is 11.4. The van der Waals surface area contributed by atoms with Gasteiger partial charge >= 0.3 is 0 Å². The first-order chi connectivity index (χ1) is 25.8. The Hall–Kier alpha value is -0.680. The van der Waals surface area contributed by atoms with E-state index in [1.54, 1.807) is 0 Å². The fourth-order valence-electron chi connectivity index (χ4n) is 6.16. The number of rotatable bonds is 15. The maximum absolute atomic E-state index is 3.45. The van der Waals surface area contributed by atoms with Crippen LogP contribution in [0, 0.1) is 41.4 Å². The van der Waals surface area contributed by atoms with Gasteiger partial charge in [-0.15, -0.1) is 5.92 Å². The summed E-state index contributed by atoms with van der Waals surface area (Å²) in [6, 6.07) is 0. The van der Waals surface area contributed by atoms with E-state index < -0.39 is 0 Å². The van der Waals surface area contributed by atoms with Crippen molar-refractivity contribution in [3.8, 4) is 11.8 Å². The first kappa shape index (κ1) is 59.6. The topological polar surface area (TPSA) is 28.2 Å². The third-order valence-electron chi connectivity index (χ3n) is 10.3. The number of piperidine rings is 2. The summed E-state index contributed by atoms with van der Waals surface area (Å²) in [5.41, 5.74) is 0.287. The van der Waals surface area contributed by atoms with Gasteiger partial charge in [0, 0.05) is 38.1 Å². The van der Waals surface area contributed by atoms with Gasteiger partial charge in [0.05, 0.1) is 6.54 Å². The summed E-state index contributed by atoms with van der Waals surface area (Å²) < 4.78 is 0. The van der Waals surface area contributed by atoms with Crippen LogP contribution in [0.25, 0.3) is 0 Å². The number of likely N-dealkylation sites (tertiary alicyclic amines) is 2. The van der Waals surface area contributed by atoms with E-state index in [-0.39, 0.29) is 13.0 Å². The second kappa shape index (κ2) is 38.5. The monoisotopic (exact) mass is 793 g/mol. The molecule has 1 N–H and O–H groups in total. The van der Waals surface area contributed by atoms with Gasteiger partial charge in [0.1, 0.15) is 0 Å². The van der Waals surface area contributed by atoms with Gasteiger partial charge in [0.15, 0.2) is 0 Å². The number of nitrogens with one attached hydrogen (secondary N) is 1. The highest BCUT2D eigenvalue weighted by Gasteiger charge is 2.13. The molecule has 3 heterocycles. The second-order valence-corrected chi connectivity index (χ2v) is 20.4. The van der Waals surface area contributed by atoms with E-state index in [2.05, 4.69) is 139 Å². The first-order valence-electron chi connectivity index (χ1n) is 23.5. The first-order valence-corrected chi connectivity index (χ1v) is 23.5. The van der Waals surface area contributed by atoms with Crippen LogP contribution in [0.5, 0.6) is 0 Å². The molecule has 0 radical (unpaired) electrons. The molecule has 3 rings (SSSR count). The molecule has 6 heteroatoms. The van der Waals surface area contributed by atoms with Crippen molar-refractivity contribution in [3.63, 3.8) is 0 Å². The molecule has 3 fully saturated rings. The Morgan fingerprint density at radius 2 is 0.857 bits per heavy atom. The fourth-order valence-corrected chi connectivity index (χ4v) is 6.16. The molecule has 338 valence electrons. The molecule has 6 nitrogen and oxygen atoms in total. The van der Waals surface area contributed by atoms with Crippen molar-refractivity contribution in [3.05, 3.63) is 0 Å². The number of piperazine rings is 1. The summed E-state index contributed by atoms with van der Waals surface area (Å²) in [6.07, 6.45) is 16.3. The number of likely N-dealkylation sites (N-methyl/N-ethyl adjacent to an activating group) is 1. The molecule has 0 aromatic carbocycles. The van der Waals surface area contributed by atoms with Gasteiger partial charge in [-0.25, -0.2) is 0 Å². The molecular formula is C50H108N6. The normalized spacial score (nSPS) is 17.2. The summed E-state index contributed by atoms with van der Waals surface area (Å²) >= 11 is 0. The summed E-state index contributed by atoms with van der Waals surface area (Å²) in [6.45, 7) is 45.8. The van der Waals surface area contributed by atoms with Gasteiger partial charge in [-0.3, -0.25) is 4.90 Å². The fraction of sp³-hybridized carbons (Fsp3) is 0.960. The van der Waals surface area contributed by atoms with Crippen molar-refractivity contribution in [2.45, 2.75) is 180 Å². The maximum atomic E-state index is 3.45. The lowest BCUT2D eigenvalue weighted by Gasteiger charge is -2.32. The molecule has 0 atom stereocenters. The van der Waals surface area contributed by atoms with Gasteiger partial charge < -0.3 is 24.9 Å². The molecule has 0 unspecified atom stereocenters. The number of nitrogens with zero attached hydrogens (tertiary/aromatic N) is 5. The third-order valence-corrected chi connectivity index (χ3v) is 10.3. The van der Waals surface area contributed by atoms with E-state index in [9.17, 15) is 0 Å². The predicted molar refractivity (Wildman–Crippen MR) is 257 cm³/mol.